The summed E-state index contributed by atoms with van der Waals surface area (Å²) in [7, 11) is 1.79. The average Bonchev–Trinajstić information content (AvgIpc) is 2.52. The number of carbonyl (C=O) groups is 1. The molecule has 0 spiro atoms. The highest BCUT2D eigenvalue weighted by Gasteiger charge is 2.15. The average molecular weight is 334 g/mol. The molecule has 0 saturated carbocycles. The molecule has 1 unspecified atom stereocenters. The minimum absolute atomic E-state index is 0.0126. The van der Waals surface area contributed by atoms with Gasteiger partial charge in [0.05, 0.1) is 6.54 Å². The molecular formula is C18H20ClNO3. The first-order valence-electron chi connectivity index (χ1n) is 7.42. The SMILES string of the molecule is CN(CCC(Oc1ccccc1)c1ccc(Cl)cc1)CC(=O)O. The molecule has 1 atom stereocenters. The van der Waals surface area contributed by atoms with Gasteiger partial charge in [-0.15, -0.1) is 0 Å². The number of rotatable bonds is 8. The predicted molar refractivity (Wildman–Crippen MR) is 91.0 cm³/mol. The highest BCUT2D eigenvalue weighted by molar-refractivity contribution is 6.30. The molecule has 0 heterocycles. The molecule has 0 amide bonds. The van der Waals surface area contributed by atoms with Crippen LogP contribution >= 0.6 is 11.6 Å². The Morgan fingerprint density at radius 2 is 1.83 bits per heavy atom. The Morgan fingerprint density at radius 1 is 1.17 bits per heavy atom. The van der Waals surface area contributed by atoms with E-state index in [1.54, 1.807) is 11.9 Å². The number of likely N-dealkylation sites (N-methyl/N-ethyl adjacent to an activating group) is 1. The Morgan fingerprint density at radius 3 is 2.43 bits per heavy atom. The fourth-order valence-electron chi connectivity index (χ4n) is 2.28. The number of hydrogen-bond donors (Lipinski definition) is 1. The number of ether oxygens (including phenoxy) is 1. The van der Waals surface area contributed by atoms with E-state index in [0.29, 0.717) is 18.0 Å². The molecule has 0 aliphatic carbocycles. The lowest BCUT2D eigenvalue weighted by atomic mass is 10.1. The first-order valence-corrected chi connectivity index (χ1v) is 7.80. The lowest BCUT2D eigenvalue weighted by molar-refractivity contribution is -0.138. The van der Waals surface area contributed by atoms with Crippen LogP contribution < -0.4 is 4.74 Å². The van der Waals surface area contributed by atoms with Crippen LogP contribution in [0.5, 0.6) is 5.75 Å². The largest absolute Gasteiger partial charge is 0.486 e. The summed E-state index contributed by atoms with van der Waals surface area (Å²) in [6, 6.07) is 17.1. The number of aliphatic carboxylic acids is 1. The molecule has 122 valence electrons. The molecule has 0 bridgehead atoms. The molecule has 23 heavy (non-hydrogen) atoms. The van der Waals surface area contributed by atoms with E-state index in [2.05, 4.69) is 0 Å². The van der Waals surface area contributed by atoms with Crippen LogP contribution in [-0.2, 0) is 4.79 Å². The van der Waals surface area contributed by atoms with Gasteiger partial charge < -0.3 is 9.84 Å². The second kappa shape index (κ2) is 8.56. The van der Waals surface area contributed by atoms with Crippen LogP contribution in [0.4, 0.5) is 0 Å². The Kier molecular flexibility index (Phi) is 6.44. The van der Waals surface area contributed by atoms with Crippen LogP contribution in [0.25, 0.3) is 0 Å². The summed E-state index contributed by atoms with van der Waals surface area (Å²) in [5.41, 5.74) is 1.02. The van der Waals surface area contributed by atoms with E-state index in [4.69, 9.17) is 21.4 Å². The van der Waals surface area contributed by atoms with Crippen molar-refractivity contribution >= 4 is 17.6 Å². The smallest absolute Gasteiger partial charge is 0.317 e. The van der Waals surface area contributed by atoms with Crippen molar-refractivity contribution in [2.75, 3.05) is 20.1 Å². The van der Waals surface area contributed by atoms with Gasteiger partial charge in [-0.1, -0.05) is 41.9 Å². The van der Waals surface area contributed by atoms with Crippen molar-refractivity contribution in [2.24, 2.45) is 0 Å². The molecule has 0 saturated heterocycles. The molecule has 1 N–H and O–H groups in total. The number of halogens is 1. The third-order valence-electron chi connectivity index (χ3n) is 3.44. The van der Waals surface area contributed by atoms with E-state index in [1.807, 2.05) is 54.6 Å². The number of carboxylic acid groups (broad SMARTS) is 1. The van der Waals surface area contributed by atoms with Crippen LogP contribution in [0.2, 0.25) is 5.02 Å². The van der Waals surface area contributed by atoms with Gasteiger partial charge in [0.1, 0.15) is 11.9 Å². The van der Waals surface area contributed by atoms with Crippen molar-refractivity contribution in [3.05, 3.63) is 65.2 Å². The van der Waals surface area contributed by atoms with E-state index < -0.39 is 5.97 Å². The van der Waals surface area contributed by atoms with Gasteiger partial charge in [0.25, 0.3) is 0 Å². The first-order chi connectivity index (χ1) is 11.0. The molecule has 4 nitrogen and oxygen atoms in total. The highest BCUT2D eigenvalue weighted by atomic mass is 35.5. The monoisotopic (exact) mass is 333 g/mol. The van der Waals surface area contributed by atoms with Gasteiger partial charge in [0.15, 0.2) is 0 Å². The summed E-state index contributed by atoms with van der Waals surface area (Å²) >= 11 is 5.95. The minimum Gasteiger partial charge on any atom is -0.486 e. The normalized spacial score (nSPS) is 12.1. The molecule has 0 aliphatic heterocycles. The van der Waals surface area contributed by atoms with Crippen molar-refractivity contribution in [1.82, 2.24) is 4.90 Å². The van der Waals surface area contributed by atoms with E-state index in [-0.39, 0.29) is 12.6 Å². The van der Waals surface area contributed by atoms with Crippen LogP contribution in [0.3, 0.4) is 0 Å². The fraction of sp³-hybridized carbons (Fsp3) is 0.278. The van der Waals surface area contributed by atoms with Crippen molar-refractivity contribution in [3.63, 3.8) is 0 Å². The van der Waals surface area contributed by atoms with Gasteiger partial charge in [-0.3, -0.25) is 9.69 Å². The lowest BCUT2D eigenvalue weighted by Gasteiger charge is -2.22. The molecule has 0 aliphatic rings. The zero-order chi connectivity index (χ0) is 16.7. The van der Waals surface area contributed by atoms with Crippen molar-refractivity contribution < 1.29 is 14.6 Å². The number of carboxylic acids is 1. The molecule has 0 radical (unpaired) electrons. The Hall–Kier alpha value is -2.04. The number of para-hydroxylation sites is 1. The van der Waals surface area contributed by atoms with E-state index in [9.17, 15) is 4.79 Å². The van der Waals surface area contributed by atoms with Crippen LogP contribution in [0.15, 0.2) is 54.6 Å². The third-order valence-corrected chi connectivity index (χ3v) is 3.69. The predicted octanol–water partition coefficient (Wildman–Crippen LogP) is 3.87. The van der Waals surface area contributed by atoms with Gasteiger partial charge in [-0.25, -0.2) is 0 Å². The summed E-state index contributed by atoms with van der Waals surface area (Å²) in [5, 5.41) is 9.52. The number of benzene rings is 2. The summed E-state index contributed by atoms with van der Waals surface area (Å²) in [6.45, 7) is 0.630. The lowest BCUT2D eigenvalue weighted by Crippen LogP contribution is -2.28. The van der Waals surface area contributed by atoms with Crippen molar-refractivity contribution in [3.8, 4) is 5.75 Å². The van der Waals surface area contributed by atoms with Gasteiger partial charge in [-0.2, -0.15) is 0 Å². The Balaban J connectivity index is 2.07. The van der Waals surface area contributed by atoms with Crippen LogP contribution in [0, 0.1) is 0 Å². The second-order valence-electron chi connectivity index (χ2n) is 5.39. The minimum atomic E-state index is -0.834. The van der Waals surface area contributed by atoms with Gasteiger partial charge in [0, 0.05) is 18.0 Å². The molecule has 2 rings (SSSR count). The molecule has 2 aromatic carbocycles. The molecule has 2 aromatic rings. The zero-order valence-electron chi connectivity index (χ0n) is 13.0. The number of nitrogens with zero attached hydrogens (tertiary/aromatic N) is 1. The topological polar surface area (TPSA) is 49.8 Å². The third kappa shape index (κ3) is 5.93. The number of hydrogen-bond acceptors (Lipinski definition) is 3. The Labute approximate surface area is 141 Å². The summed E-state index contributed by atoms with van der Waals surface area (Å²) in [6.07, 6.45) is 0.520. The van der Waals surface area contributed by atoms with Gasteiger partial charge >= 0.3 is 5.97 Å². The molecule has 0 fully saturated rings. The zero-order valence-corrected chi connectivity index (χ0v) is 13.7. The molecule has 5 heteroatoms. The maximum Gasteiger partial charge on any atom is 0.317 e. The van der Waals surface area contributed by atoms with Crippen molar-refractivity contribution in [2.45, 2.75) is 12.5 Å². The molecule has 0 aromatic heterocycles. The maximum atomic E-state index is 10.8. The van der Waals surface area contributed by atoms with E-state index in [1.165, 1.54) is 0 Å². The van der Waals surface area contributed by atoms with E-state index >= 15 is 0 Å². The summed E-state index contributed by atoms with van der Waals surface area (Å²) in [5.74, 6) is -0.0483. The second-order valence-corrected chi connectivity index (χ2v) is 5.83. The van der Waals surface area contributed by atoms with Gasteiger partial charge in [-0.05, 0) is 36.9 Å². The summed E-state index contributed by atoms with van der Waals surface area (Å²) < 4.78 is 6.08. The standard InChI is InChI=1S/C18H20ClNO3/c1-20(13-18(21)22)12-11-17(14-7-9-15(19)10-8-14)23-16-5-3-2-4-6-16/h2-10,17H,11-13H2,1H3,(H,21,22). The molecular weight excluding hydrogens is 314 g/mol. The maximum absolute atomic E-state index is 10.8. The fourth-order valence-corrected chi connectivity index (χ4v) is 2.41. The van der Waals surface area contributed by atoms with Crippen molar-refractivity contribution in [1.29, 1.82) is 0 Å². The highest BCUT2D eigenvalue weighted by Crippen LogP contribution is 2.26. The van der Waals surface area contributed by atoms with Crippen LogP contribution in [0.1, 0.15) is 18.1 Å². The van der Waals surface area contributed by atoms with Crippen LogP contribution in [-0.4, -0.2) is 36.1 Å². The quantitative estimate of drug-likeness (QED) is 0.796. The summed E-state index contributed by atoms with van der Waals surface area (Å²) in [4.78, 5) is 12.5. The van der Waals surface area contributed by atoms with Gasteiger partial charge in [0.2, 0.25) is 0 Å². The van der Waals surface area contributed by atoms with E-state index in [0.717, 1.165) is 11.3 Å². The Bertz CT molecular complexity index is 616. The first kappa shape index (κ1) is 17.3.